The van der Waals surface area contributed by atoms with E-state index in [0.29, 0.717) is 12.5 Å². The van der Waals surface area contributed by atoms with Crippen LogP contribution in [-0.4, -0.2) is 34.8 Å². The van der Waals surface area contributed by atoms with Gasteiger partial charge in [0.25, 0.3) is 0 Å². The number of nitrogens with zero attached hydrogens (tertiary/aromatic N) is 2. The van der Waals surface area contributed by atoms with E-state index in [1.165, 1.54) is 17.7 Å². The number of hydrogen-bond acceptors (Lipinski definition) is 4. The molecule has 2 saturated carbocycles. The molecule has 1 aromatic rings. The first kappa shape index (κ1) is 16.1. The number of aromatic nitrogens is 1. The van der Waals surface area contributed by atoms with Crippen molar-refractivity contribution in [1.82, 2.24) is 15.2 Å². The van der Waals surface area contributed by atoms with Crippen molar-refractivity contribution in [2.24, 2.45) is 17.8 Å². The van der Waals surface area contributed by atoms with Crippen LogP contribution in [0, 0.1) is 24.7 Å². The number of nitrogens with one attached hydrogen (secondary N) is 1. The van der Waals surface area contributed by atoms with Gasteiger partial charge in [0, 0.05) is 30.1 Å². The molecule has 1 saturated heterocycles. The molecule has 2 atom stereocenters. The maximum Gasteiger partial charge on any atom is 0.225 e. The third-order valence-electron chi connectivity index (χ3n) is 5.33. The average Bonchev–Trinajstić information content (AvgIpc) is 3.50. The second kappa shape index (κ2) is 6.47. The molecule has 0 aromatic carbocycles. The second-order valence-corrected chi connectivity index (χ2v) is 8.80. The third kappa shape index (κ3) is 3.48. The lowest BCUT2D eigenvalue weighted by Gasteiger charge is -2.33. The standard InChI is InChI=1S/C18H25N3O2S/c1-11-9-19-17(24-11)15(12-4-5-12)20-16(22)14-3-2-8-21(10-14)18(23)13-6-7-13/h9,12-15H,2-8,10H2,1H3,(H,20,22)/t14-,15+/m0/s1. The molecule has 1 aliphatic heterocycles. The van der Waals surface area contributed by atoms with E-state index in [4.69, 9.17) is 0 Å². The van der Waals surface area contributed by atoms with Gasteiger partial charge >= 0.3 is 0 Å². The Balaban J connectivity index is 1.39. The highest BCUT2D eigenvalue weighted by Crippen LogP contribution is 2.42. The minimum absolute atomic E-state index is 0.0608. The van der Waals surface area contributed by atoms with Gasteiger partial charge in [0.2, 0.25) is 11.8 Å². The first-order valence-electron chi connectivity index (χ1n) is 9.13. The van der Waals surface area contributed by atoms with E-state index in [9.17, 15) is 9.59 Å². The minimum atomic E-state index is -0.0660. The van der Waals surface area contributed by atoms with Gasteiger partial charge in [-0.3, -0.25) is 9.59 Å². The zero-order chi connectivity index (χ0) is 16.7. The number of aryl methyl sites for hydroxylation is 1. The lowest BCUT2D eigenvalue weighted by molar-refractivity contribution is -0.137. The lowest BCUT2D eigenvalue weighted by Crippen LogP contribution is -2.46. The Hall–Kier alpha value is -1.43. The molecule has 3 aliphatic rings. The first-order chi connectivity index (χ1) is 11.6. The molecule has 3 fully saturated rings. The Kier molecular flexibility index (Phi) is 4.33. The van der Waals surface area contributed by atoms with E-state index in [1.54, 1.807) is 11.3 Å². The van der Waals surface area contributed by atoms with Crippen molar-refractivity contribution in [2.75, 3.05) is 13.1 Å². The van der Waals surface area contributed by atoms with E-state index in [2.05, 4.69) is 17.2 Å². The van der Waals surface area contributed by atoms with Crippen LogP contribution in [0.4, 0.5) is 0 Å². The summed E-state index contributed by atoms with van der Waals surface area (Å²) >= 11 is 1.68. The molecule has 24 heavy (non-hydrogen) atoms. The fourth-order valence-corrected chi connectivity index (χ4v) is 4.50. The van der Waals surface area contributed by atoms with Crippen LogP contribution in [0.2, 0.25) is 0 Å². The minimum Gasteiger partial charge on any atom is -0.346 e. The lowest BCUT2D eigenvalue weighted by atomic mass is 9.96. The van der Waals surface area contributed by atoms with E-state index >= 15 is 0 Å². The topological polar surface area (TPSA) is 62.3 Å². The predicted octanol–water partition coefficient (Wildman–Crippen LogP) is 2.67. The summed E-state index contributed by atoms with van der Waals surface area (Å²) in [5, 5.41) is 4.29. The molecule has 1 aromatic heterocycles. The molecular formula is C18H25N3O2S. The summed E-state index contributed by atoms with van der Waals surface area (Å²) in [6.07, 6.45) is 8.09. The number of rotatable bonds is 5. The van der Waals surface area contributed by atoms with Crippen molar-refractivity contribution in [1.29, 1.82) is 0 Å². The summed E-state index contributed by atoms with van der Waals surface area (Å²) in [6.45, 7) is 3.46. The van der Waals surface area contributed by atoms with Gasteiger partial charge in [-0.15, -0.1) is 11.3 Å². The summed E-state index contributed by atoms with van der Waals surface area (Å²) in [5.41, 5.74) is 0. The maximum atomic E-state index is 12.8. The average molecular weight is 347 g/mol. The monoisotopic (exact) mass is 347 g/mol. The number of carbonyl (C=O) groups is 2. The number of carbonyl (C=O) groups excluding carboxylic acids is 2. The van der Waals surface area contributed by atoms with Gasteiger partial charge in [0.05, 0.1) is 12.0 Å². The Labute approximate surface area is 146 Å². The molecule has 0 bridgehead atoms. The summed E-state index contributed by atoms with van der Waals surface area (Å²) in [6, 6.07) is 0.0608. The van der Waals surface area contributed by atoms with Crippen LogP contribution in [0.15, 0.2) is 6.20 Å². The Bertz CT molecular complexity index is 636. The summed E-state index contributed by atoms with van der Waals surface area (Å²) in [5.74, 6) is 1.08. The zero-order valence-corrected chi connectivity index (χ0v) is 15.0. The van der Waals surface area contributed by atoms with Gasteiger partial charge < -0.3 is 10.2 Å². The number of hydrogen-bond donors (Lipinski definition) is 1. The molecule has 5 nitrogen and oxygen atoms in total. The number of amides is 2. The Morgan fingerprint density at radius 2 is 2.04 bits per heavy atom. The van der Waals surface area contributed by atoms with Crippen molar-refractivity contribution < 1.29 is 9.59 Å². The highest BCUT2D eigenvalue weighted by atomic mass is 32.1. The normalized spacial score (nSPS) is 25.4. The van der Waals surface area contributed by atoms with Gasteiger partial charge in [-0.2, -0.15) is 0 Å². The van der Waals surface area contributed by atoms with E-state index in [-0.39, 0.29) is 29.7 Å². The Morgan fingerprint density at radius 3 is 2.67 bits per heavy atom. The van der Waals surface area contributed by atoms with Crippen molar-refractivity contribution in [3.8, 4) is 0 Å². The van der Waals surface area contributed by atoms with E-state index < -0.39 is 0 Å². The van der Waals surface area contributed by atoms with Crippen molar-refractivity contribution >= 4 is 23.2 Å². The van der Waals surface area contributed by atoms with Crippen molar-refractivity contribution in [3.63, 3.8) is 0 Å². The van der Waals surface area contributed by atoms with Crippen LogP contribution in [0.3, 0.4) is 0 Å². The molecule has 6 heteroatoms. The zero-order valence-electron chi connectivity index (χ0n) is 14.2. The van der Waals surface area contributed by atoms with Gasteiger partial charge in [0.1, 0.15) is 5.01 Å². The second-order valence-electron chi connectivity index (χ2n) is 7.53. The van der Waals surface area contributed by atoms with Crippen LogP contribution in [-0.2, 0) is 9.59 Å². The molecule has 130 valence electrons. The van der Waals surface area contributed by atoms with Gasteiger partial charge in [-0.25, -0.2) is 4.98 Å². The summed E-state index contributed by atoms with van der Waals surface area (Å²) in [7, 11) is 0. The van der Waals surface area contributed by atoms with Crippen LogP contribution in [0.25, 0.3) is 0 Å². The predicted molar refractivity (Wildman–Crippen MR) is 92.5 cm³/mol. The quantitative estimate of drug-likeness (QED) is 0.891. The largest absolute Gasteiger partial charge is 0.346 e. The van der Waals surface area contributed by atoms with Gasteiger partial charge in [-0.1, -0.05) is 0 Å². The highest BCUT2D eigenvalue weighted by molar-refractivity contribution is 7.11. The molecule has 2 aliphatic carbocycles. The molecule has 4 rings (SSSR count). The SMILES string of the molecule is Cc1cnc([C@H](NC(=O)[C@H]2CCCN(C(=O)C3CC3)C2)C2CC2)s1. The molecule has 0 radical (unpaired) electrons. The Morgan fingerprint density at radius 1 is 1.25 bits per heavy atom. The first-order valence-corrected chi connectivity index (χ1v) is 9.95. The number of thiazole rings is 1. The van der Waals surface area contributed by atoms with Crippen LogP contribution < -0.4 is 5.32 Å². The van der Waals surface area contributed by atoms with Gasteiger partial charge in [-0.05, 0) is 51.4 Å². The number of piperidine rings is 1. The molecule has 1 N–H and O–H groups in total. The third-order valence-corrected chi connectivity index (χ3v) is 6.32. The number of likely N-dealkylation sites (tertiary alicyclic amines) is 1. The van der Waals surface area contributed by atoms with Crippen LogP contribution in [0.5, 0.6) is 0 Å². The van der Waals surface area contributed by atoms with Crippen LogP contribution in [0.1, 0.15) is 54.5 Å². The fraction of sp³-hybridized carbons (Fsp3) is 0.722. The molecular weight excluding hydrogens is 322 g/mol. The summed E-state index contributed by atoms with van der Waals surface area (Å²) in [4.78, 5) is 32.7. The molecule has 2 amide bonds. The van der Waals surface area contributed by atoms with Crippen molar-refractivity contribution in [3.05, 3.63) is 16.1 Å². The highest BCUT2D eigenvalue weighted by Gasteiger charge is 2.39. The molecule has 2 heterocycles. The molecule has 0 unspecified atom stereocenters. The van der Waals surface area contributed by atoms with Gasteiger partial charge in [0.15, 0.2) is 0 Å². The van der Waals surface area contributed by atoms with Crippen LogP contribution >= 0.6 is 11.3 Å². The summed E-state index contributed by atoms with van der Waals surface area (Å²) < 4.78 is 0. The van der Waals surface area contributed by atoms with E-state index in [1.807, 2.05) is 11.1 Å². The fourth-order valence-electron chi connectivity index (χ4n) is 3.58. The van der Waals surface area contributed by atoms with E-state index in [0.717, 1.165) is 37.2 Å². The van der Waals surface area contributed by atoms with Crippen molar-refractivity contribution in [2.45, 2.75) is 51.5 Å². The molecule has 0 spiro atoms. The maximum absolute atomic E-state index is 12.8. The smallest absolute Gasteiger partial charge is 0.225 e.